The Morgan fingerprint density at radius 1 is 0.409 bits per heavy atom. The van der Waals surface area contributed by atoms with Crippen LogP contribution in [0.15, 0.2) is 171 Å². The van der Waals surface area contributed by atoms with Crippen molar-refractivity contribution < 1.29 is 0 Å². The van der Waals surface area contributed by atoms with Crippen molar-refractivity contribution in [3.05, 3.63) is 204 Å². The maximum absolute atomic E-state index is 4.12. The molecule has 0 radical (unpaired) electrons. The fraction of sp³-hybridized carbons (Fsp3) is 0.190. The van der Waals surface area contributed by atoms with Gasteiger partial charge in [-0.05, 0) is 46.2 Å². The minimum absolute atomic E-state index is 0.177. The maximum Gasteiger partial charge on any atom is 0.0361 e. The topological polar surface area (TPSA) is 24.1 Å². The molecule has 0 fully saturated rings. The van der Waals surface area contributed by atoms with Crippen LogP contribution in [-0.2, 0) is 23.9 Å². The Labute approximate surface area is 264 Å². The number of hydrogen-bond acceptors (Lipinski definition) is 2. The van der Waals surface area contributed by atoms with Gasteiger partial charge in [0, 0.05) is 37.0 Å². The molecule has 0 aliphatic heterocycles. The van der Waals surface area contributed by atoms with Gasteiger partial charge in [0.05, 0.1) is 0 Å². The number of hydrogen-bond donors (Lipinski definition) is 2. The molecule has 0 saturated carbocycles. The molecule has 2 heteroatoms. The minimum Gasteiger partial charge on any atom is -0.311 e. The Morgan fingerprint density at radius 3 is 0.932 bits per heavy atom. The van der Waals surface area contributed by atoms with E-state index in [0.717, 1.165) is 39.0 Å². The van der Waals surface area contributed by atoms with E-state index in [2.05, 4.69) is 169 Å². The van der Waals surface area contributed by atoms with Crippen molar-refractivity contribution in [1.82, 2.24) is 10.6 Å². The van der Waals surface area contributed by atoms with Gasteiger partial charge < -0.3 is 10.6 Å². The summed E-state index contributed by atoms with van der Waals surface area (Å²) in [6.07, 6.45) is 5.81. The van der Waals surface area contributed by atoms with Crippen molar-refractivity contribution in [3.8, 4) is 0 Å². The third-order valence-corrected chi connectivity index (χ3v) is 8.83. The molecule has 44 heavy (non-hydrogen) atoms. The van der Waals surface area contributed by atoms with Crippen LogP contribution in [-0.4, -0.2) is 13.1 Å². The van der Waals surface area contributed by atoms with Gasteiger partial charge in [0.1, 0.15) is 0 Å². The lowest BCUT2D eigenvalue weighted by atomic mass is 9.72. The van der Waals surface area contributed by atoms with Crippen LogP contribution >= 0.6 is 0 Å². The summed E-state index contributed by atoms with van der Waals surface area (Å²) in [5, 5.41) is 7.57. The van der Waals surface area contributed by atoms with Gasteiger partial charge in [-0.2, -0.15) is 0 Å². The number of nitrogens with one attached hydrogen (secondary N) is 2. The Bertz CT molecular complexity index is 1360. The molecule has 2 nitrogen and oxygen atoms in total. The average Bonchev–Trinajstić information content (AvgIpc) is 3.09. The predicted molar refractivity (Wildman–Crippen MR) is 187 cm³/mol. The van der Waals surface area contributed by atoms with E-state index in [1.807, 2.05) is 12.2 Å². The lowest BCUT2D eigenvalue weighted by Gasteiger charge is -2.35. The van der Waals surface area contributed by atoms with Crippen LogP contribution in [0.3, 0.4) is 0 Å². The molecule has 0 saturated heterocycles. The highest BCUT2D eigenvalue weighted by Crippen LogP contribution is 2.37. The third kappa shape index (κ3) is 7.17. The van der Waals surface area contributed by atoms with Crippen molar-refractivity contribution in [3.63, 3.8) is 0 Å². The standard InChI is InChI=1S/C42H44N2/c1-3-29-41(37-17-9-5-10-18-37,38-19-11-6-12-20-38)33-43-31-35-25-27-36(28-26-35)32-44-34-42(30-4-2,39-21-13-7-14-22-39)40-23-15-8-16-24-40/h3-28,43-44H,1-2,29-34H2. The quantitative estimate of drug-likeness (QED) is 0.115. The summed E-state index contributed by atoms with van der Waals surface area (Å²) in [6, 6.07) is 52.2. The van der Waals surface area contributed by atoms with Gasteiger partial charge in [-0.1, -0.05) is 158 Å². The van der Waals surface area contributed by atoms with Crippen molar-refractivity contribution in [1.29, 1.82) is 0 Å². The maximum atomic E-state index is 4.12. The first-order valence-electron chi connectivity index (χ1n) is 15.6. The largest absolute Gasteiger partial charge is 0.311 e. The summed E-state index contributed by atoms with van der Waals surface area (Å²) < 4.78 is 0. The predicted octanol–water partition coefficient (Wildman–Crippen LogP) is 8.99. The van der Waals surface area contributed by atoms with Crippen molar-refractivity contribution in [2.24, 2.45) is 0 Å². The van der Waals surface area contributed by atoms with Gasteiger partial charge in [0.25, 0.3) is 0 Å². The second kappa shape index (κ2) is 15.3. The summed E-state index contributed by atoms with van der Waals surface area (Å²) >= 11 is 0. The monoisotopic (exact) mass is 576 g/mol. The van der Waals surface area contributed by atoms with E-state index in [4.69, 9.17) is 0 Å². The Balaban J connectivity index is 1.25. The van der Waals surface area contributed by atoms with Crippen LogP contribution < -0.4 is 10.6 Å². The highest BCUT2D eigenvalue weighted by molar-refractivity contribution is 5.42. The molecule has 0 atom stereocenters. The van der Waals surface area contributed by atoms with Gasteiger partial charge in [0.2, 0.25) is 0 Å². The molecule has 0 aromatic heterocycles. The zero-order valence-corrected chi connectivity index (χ0v) is 25.7. The summed E-state index contributed by atoms with van der Waals surface area (Å²) in [5.41, 5.74) is 7.41. The lowest BCUT2D eigenvalue weighted by Crippen LogP contribution is -2.39. The van der Waals surface area contributed by atoms with Crippen molar-refractivity contribution >= 4 is 0 Å². The Morgan fingerprint density at radius 2 is 0.682 bits per heavy atom. The highest BCUT2D eigenvalue weighted by atomic mass is 14.9. The number of rotatable bonds is 16. The van der Waals surface area contributed by atoms with Crippen LogP contribution in [0.5, 0.6) is 0 Å². The van der Waals surface area contributed by atoms with Gasteiger partial charge in [-0.25, -0.2) is 0 Å². The van der Waals surface area contributed by atoms with E-state index in [9.17, 15) is 0 Å². The summed E-state index contributed by atoms with van der Waals surface area (Å²) in [5.74, 6) is 0. The van der Waals surface area contributed by atoms with Crippen molar-refractivity contribution in [2.45, 2.75) is 36.8 Å². The fourth-order valence-electron chi connectivity index (χ4n) is 6.49. The van der Waals surface area contributed by atoms with E-state index in [0.29, 0.717) is 0 Å². The number of allylic oxidation sites excluding steroid dienone is 2. The van der Waals surface area contributed by atoms with E-state index >= 15 is 0 Å². The fourth-order valence-corrected chi connectivity index (χ4v) is 6.49. The van der Waals surface area contributed by atoms with Crippen LogP contribution in [0.25, 0.3) is 0 Å². The lowest BCUT2D eigenvalue weighted by molar-refractivity contribution is 0.466. The Kier molecular flexibility index (Phi) is 10.8. The SMILES string of the molecule is C=CCC(CNCc1ccc(CNCC(CC=C)(c2ccccc2)c2ccccc2)cc1)(c1ccccc1)c1ccccc1. The molecular formula is C42H44N2. The van der Waals surface area contributed by atoms with Crippen LogP contribution in [0.2, 0.25) is 0 Å². The molecule has 0 aliphatic carbocycles. The average molecular weight is 577 g/mol. The molecule has 0 aliphatic rings. The molecule has 5 aromatic rings. The normalized spacial score (nSPS) is 11.6. The van der Waals surface area contributed by atoms with Crippen LogP contribution in [0, 0.1) is 0 Å². The zero-order valence-electron chi connectivity index (χ0n) is 25.7. The van der Waals surface area contributed by atoms with Crippen LogP contribution in [0.4, 0.5) is 0 Å². The molecule has 5 rings (SSSR count). The van der Waals surface area contributed by atoms with Gasteiger partial charge in [-0.3, -0.25) is 0 Å². The molecular weight excluding hydrogens is 532 g/mol. The molecule has 0 amide bonds. The molecule has 0 bridgehead atoms. The molecule has 222 valence electrons. The first kappa shape index (κ1) is 30.9. The smallest absolute Gasteiger partial charge is 0.0361 e. The molecule has 0 spiro atoms. The summed E-state index contributed by atoms with van der Waals surface area (Å²) in [6.45, 7) is 11.5. The number of benzene rings is 5. The summed E-state index contributed by atoms with van der Waals surface area (Å²) in [7, 11) is 0. The first-order valence-corrected chi connectivity index (χ1v) is 15.6. The highest BCUT2D eigenvalue weighted by Gasteiger charge is 2.33. The van der Waals surface area contributed by atoms with Crippen LogP contribution in [0.1, 0.15) is 46.2 Å². The van der Waals surface area contributed by atoms with Crippen molar-refractivity contribution in [2.75, 3.05) is 13.1 Å². The minimum atomic E-state index is -0.177. The Hall–Kier alpha value is -4.50. The molecule has 5 aromatic carbocycles. The second-order valence-corrected chi connectivity index (χ2v) is 11.6. The third-order valence-electron chi connectivity index (χ3n) is 8.83. The zero-order chi connectivity index (χ0) is 30.5. The second-order valence-electron chi connectivity index (χ2n) is 11.6. The van der Waals surface area contributed by atoms with E-state index in [1.165, 1.54) is 33.4 Å². The van der Waals surface area contributed by atoms with E-state index in [1.54, 1.807) is 0 Å². The van der Waals surface area contributed by atoms with E-state index < -0.39 is 0 Å². The summed E-state index contributed by atoms with van der Waals surface area (Å²) in [4.78, 5) is 0. The molecule has 0 unspecified atom stereocenters. The van der Waals surface area contributed by atoms with Gasteiger partial charge >= 0.3 is 0 Å². The molecule has 0 heterocycles. The molecule has 2 N–H and O–H groups in total. The van der Waals surface area contributed by atoms with E-state index in [-0.39, 0.29) is 10.8 Å². The van der Waals surface area contributed by atoms with Gasteiger partial charge in [-0.15, -0.1) is 13.2 Å². The van der Waals surface area contributed by atoms with Gasteiger partial charge in [0.15, 0.2) is 0 Å². The first-order chi connectivity index (χ1) is 21.7.